The maximum absolute atomic E-state index is 13.2. The molecule has 3 rings (SSSR count). The SMILES string of the molecule is CC(C)(C)N(C(=O)O)c1ccc(-c2ccccc2)cc1NC(=O)c1ccc(CNCCP(C)(C)=O)cc1. The zero-order valence-corrected chi connectivity index (χ0v) is 23.0. The molecule has 0 bridgehead atoms. The zero-order valence-electron chi connectivity index (χ0n) is 22.1. The summed E-state index contributed by atoms with van der Waals surface area (Å²) in [4.78, 5) is 26.7. The highest BCUT2D eigenvalue weighted by Gasteiger charge is 2.30. The molecule has 0 aliphatic rings. The molecule has 0 radical (unpaired) electrons. The van der Waals surface area contributed by atoms with Crippen molar-refractivity contribution >= 4 is 30.5 Å². The molecule has 3 N–H and O–H groups in total. The van der Waals surface area contributed by atoms with Crippen LogP contribution in [0.1, 0.15) is 36.7 Å². The second kappa shape index (κ2) is 11.8. The molecule has 0 aliphatic heterocycles. The smallest absolute Gasteiger partial charge is 0.412 e. The van der Waals surface area contributed by atoms with Crippen molar-refractivity contribution in [2.45, 2.75) is 32.9 Å². The van der Waals surface area contributed by atoms with Crippen LogP contribution in [0.2, 0.25) is 0 Å². The highest BCUT2D eigenvalue weighted by Crippen LogP contribution is 2.36. The van der Waals surface area contributed by atoms with Gasteiger partial charge in [0.15, 0.2) is 0 Å². The standard InChI is InChI=1S/C29H36N3O4P/c1-29(2,3)32(28(34)35)26-16-15-24(22-9-7-6-8-10-22)19-25(26)31-27(33)23-13-11-21(12-14-23)20-30-17-18-37(4,5)36/h6-16,19,30H,17-18,20H2,1-5H3,(H,31,33)(H,34,35). The third-order valence-corrected chi connectivity index (χ3v) is 7.13. The number of anilines is 2. The number of hydrogen-bond donors (Lipinski definition) is 3. The van der Waals surface area contributed by atoms with Crippen molar-refractivity contribution in [1.29, 1.82) is 0 Å². The van der Waals surface area contributed by atoms with E-state index in [1.165, 1.54) is 4.90 Å². The predicted molar refractivity (Wildman–Crippen MR) is 153 cm³/mol. The molecule has 3 aromatic carbocycles. The lowest BCUT2D eigenvalue weighted by molar-refractivity contribution is 0.102. The summed E-state index contributed by atoms with van der Waals surface area (Å²) in [7, 11) is -2.05. The fraction of sp³-hybridized carbons (Fsp3) is 0.310. The minimum Gasteiger partial charge on any atom is -0.465 e. The van der Waals surface area contributed by atoms with E-state index in [2.05, 4.69) is 10.6 Å². The quantitative estimate of drug-likeness (QED) is 0.218. The number of nitrogens with zero attached hydrogens (tertiary/aromatic N) is 1. The van der Waals surface area contributed by atoms with Crippen LogP contribution in [-0.4, -0.2) is 48.7 Å². The number of amides is 2. The van der Waals surface area contributed by atoms with Crippen molar-refractivity contribution < 1.29 is 19.3 Å². The molecule has 0 unspecified atom stereocenters. The maximum Gasteiger partial charge on any atom is 0.412 e. The Morgan fingerprint density at radius 3 is 2.14 bits per heavy atom. The zero-order chi connectivity index (χ0) is 27.2. The predicted octanol–water partition coefficient (Wildman–Crippen LogP) is 6.60. The minimum atomic E-state index is -2.05. The number of hydrogen-bond acceptors (Lipinski definition) is 4. The van der Waals surface area contributed by atoms with Gasteiger partial charge < -0.3 is 20.3 Å². The Balaban J connectivity index is 1.85. The topological polar surface area (TPSA) is 98.7 Å². The third kappa shape index (κ3) is 8.04. The molecule has 0 saturated carbocycles. The molecular weight excluding hydrogens is 485 g/mol. The first-order chi connectivity index (χ1) is 17.3. The van der Waals surface area contributed by atoms with E-state index in [-0.39, 0.29) is 5.91 Å². The second-order valence-electron chi connectivity index (χ2n) is 10.5. The van der Waals surface area contributed by atoms with Crippen LogP contribution in [0.4, 0.5) is 16.2 Å². The lowest BCUT2D eigenvalue weighted by atomic mass is 10.0. The van der Waals surface area contributed by atoms with E-state index in [1.54, 1.807) is 31.5 Å². The van der Waals surface area contributed by atoms with E-state index in [1.807, 2.05) is 75.4 Å². The van der Waals surface area contributed by atoms with E-state index in [0.717, 1.165) is 16.7 Å². The number of benzene rings is 3. The van der Waals surface area contributed by atoms with Gasteiger partial charge >= 0.3 is 6.09 Å². The minimum absolute atomic E-state index is 0.330. The summed E-state index contributed by atoms with van der Waals surface area (Å²) in [5.74, 6) is -0.330. The number of nitrogens with one attached hydrogen (secondary N) is 2. The van der Waals surface area contributed by atoms with Gasteiger partial charge in [-0.05, 0) is 75.1 Å². The Bertz CT molecular complexity index is 1280. The van der Waals surface area contributed by atoms with Gasteiger partial charge in [-0.25, -0.2) is 4.79 Å². The first kappa shape index (κ1) is 28.2. The Labute approximate surface area is 219 Å². The summed E-state index contributed by atoms with van der Waals surface area (Å²) in [6, 6.07) is 22.4. The van der Waals surface area contributed by atoms with Crippen molar-refractivity contribution in [2.75, 3.05) is 36.3 Å². The van der Waals surface area contributed by atoms with Gasteiger partial charge in [0.2, 0.25) is 0 Å². The molecule has 2 amide bonds. The van der Waals surface area contributed by atoms with Crippen molar-refractivity contribution in [3.63, 3.8) is 0 Å². The molecule has 7 nitrogen and oxygen atoms in total. The van der Waals surface area contributed by atoms with Crippen molar-refractivity contribution in [3.05, 3.63) is 83.9 Å². The Hall–Kier alpha value is -3.41. The van der Waals surface area contributed by atoms with E-state index in [0.29, 0.717) is 36.2 Å². The van der Waals surface area contributed by atoms with Gasteiger partial charge in [-0.2, -0.15) is 0 Å². The summed E-state index contributed by atoms with van der Waals surface area (Å²) in [6.45, 7) is 10.3. The van der Waals surface area contributed by atoms with Crippen LogP contribution >= 0.6 is 7.14 Å². The van der Waals surface area contributed by atoms with Crippen LogP contribution in [0.5, 0.6) is 0 Å². The van der Waals surface area contributed by atoms with Gasteiger partial charge in [0.05, 0.1) is 18.5 Å². The largest absolute Gasteiger partial charge is 0.465 e. The number of carbonyl (C=O) groups excluding carboxylic acids is 1. The fourth-order valence-corrected chi connectivity index (χ4v) is 4.64. The van der Waals surface area contributed by atoms with Crippen LogP contribution in [-0.2, 0) is 11.1 Å². The summed E-state index contributed by atoms with van der Waals surface area (Å²) >= 11 is 0. The van der Waals surface area contributed by atoms with Crippen LogP contribution in [0.15, 0.2) is 72.8 Å². The molecule has 0 saturated heterocycles. The van der Waals surface area contributed by atoms with Crippen molar-refractivity contribution in [1.82, 2.24) is 5.32 Å². The normalized spacial score (nSPS) is 11.7. The fourth-order valence-electron chi connectivity index (χ4n) is 3.94. The highest BCUT2D eigenvalue weighted by atomic mass is 31.2. The van der Waals surface area contributed by atoms with Gasteiger partial charge in [0, 0.05) is 30.4 Å². The summed E-state index contributed by atoms with van der Waals surface area (Å²) in [5.41, 5.74) is 3.39. The molecule has 0 fully saturated rings. The Morgan fingerprint density at radius 2 is 1.57 bits per heavy atom. The number of carbonyl (C=O) groups is 2. The van der Waals surface area contributed by atoms with Crippen LogP contribution in [0, 0.1) is 0 Å². The van der Waals surface area contributed by atoms with Crippen LogP contribution in [0.25, 0.3) is 11.1 Å². The van der Waals surface area contributed by atoms with E-state index in [9.17, 15) is 19.3 Å². The molecule has 0 aromatic heterocycles. The Kier molecular flexibility index (Phi) is 8.95. The van der Waals surface area contributed by atoms with Crippen LogP contribution in [0.3, 0.4) is 0 Å². The van der Waals surface area contributed by atoms with Gasteiger partial charge in [0.25, 0.3) is 5.91 Å². The average Bonchev–Trinajstić information content (AvgIpc) is 2.82. The monoisotopic (exact) mass is 521 g/mol. The summed E-state index contributed by atoms with van der Waals surface area (Å²) in [5, 5.41) is 16.2. The maximum atomic E-state index is 13.2. The van der Waals surface area contributed by atoms with E-state index < -0.39 is 18.8 Å². The number of carboxylic acid groups (broad SMARTS) is 1. The van der Waals surface area contributed by atoms with Gasteiger partial charge in [-0.1, -0.05) is 48.5 Å². The molecule has 0 aliphatic carbocycles. The molecule has 8 heteroatoms. The summed E-state index contributed by atoms with van der Waals surface area (Å²) in [6.07, 6.45) is -0.463. The molecule has 0 atom stereocenters. The van der Waals surface area contributed by atoms with Gasteiger partial charge in [-0.15, -0.1) is 0 Å². The van der Waals surface area contributed by atoms with Crippen molar-refractivity contribution in [2.24, 2.45) is 0 Å². The molecule has 3 aromatic rings. The van der Waals surface area contributed by atoms with Crippen molar-refractivity contribution in [3.8, 4) is 11.1 Å². The van der Waals surface area contributed by atoms with E-state index in [4.69, 9.17) is 0 Å². The average molecular weight is 522 g/mol. The molecule has 37 heavy (non-hydrogen) atoms. The molecule has 196 valence electrons. The first-order valence-corrected chi connectivity index (χ1v) is 15.0. The molecular formula is C29H36N3O4P. The highest BCUT2D eigenvalue weighted by molar-refractivity contribution is 7.62. The van der Waals surface area contributed by atoms with Crippen LogP contribution < -0.4 is 15.5 Å². The van der Waals surface area contributed by atoms with E-state index >= 15 is 0 Å². The van der Waals surface area contributed by atoms with Gasteiger partial charge in [0.1, 0.15) is 0 Å². The first-order valence-electron chi connectivity index (χ1n) is 12.2. The lowest BCUT2D eigenvalue weighted by Crippen LogP contribution is -2.45. The third-order valence-electron chi connectivity index (χ3n) is 5.83. The summed E-state index contributed by atoms with van der Waals surface area (Å²) < 4.78 is 11.8. The number of rotatable bonds is 9. The second-order valence-corrected chi connectivity index (χ2v) is 14.1. The Morgan fingerprint density at radius 1 is 0.919 bits per heavy atom. The lowest BCUT2D eigenvalue weighted by Gasteiger charge is -2.34. The van der Waals surface area contributed by atoms with Gasteiger partial charge in [-0.3, -0.25) is 9.69 Å². The molecule has 0 heterocycles. The molecule has 0 spiro atoms.